The van der Waals surface area contributed by atoms with Crippen LogP contribution in [0.1, 0.15) is 31.2 Å². The van der Waals surface area contributed by atoms with Gasteiger partial charge in [-0.15, -0.1) is 0 Å². The highest BCUT2D eigenvalue weighted by atomic mass is 79.9. The first-order valence-corrected chi connectivity index (χ1v) is 11.1. The lowest BCUT2D eigenvalue weighted by Gasteiger charge is -2.38. The van der Waals surface area contributed by atoms with Gasteiger partial charge in [0.05, 0.1) is 6.61 Å². The van der Waals surface area contributed by atoms with E-state index >= 15 is 0 Å². The molecule has 0 atom stereocenters. The maximum absolute atomic E-state index is 12.5. The van der Waals surface area contributed by atoms with Gasteiger partial charge >= 0.3 is 0 Å². The smallest absolute Gasteiger partial charge is 0.231 e. The van der Waals surface area contributed by atoms with Crippen LogP contribution in [-0.4, -0.2) is 39.1 Å². The van der Waals surface area contributed by atoms with Crippen LogP contribution in [0.15, 0.2) is 46.9 Å². The van der Waals surface area contributed by atoms with E-state index in [0.717, 1.165) is 40.1 Å². The fraction of sp³-hybridized carbons (Fsp3) is 0.435. The number of rotatable bonds is 8. The van der Waals surface area contributed by atoms with Gasteiger partial charge in [-0.05, 0) is 55.2 Å². The number of amides is 1. The summed E-state index contributed by atoms with van der Waals surface area (Å²) in [4.78, 5) is 12.5. The summed E-state index contributed by atoms with van der Waals surface area (Å²) in [7, 11) is 0. The third kappa shape index (κ3) is 5.08. The predicted molar refractivity (Wildman–Crippen MR) is 116 cm³/mol. The van der Waals surface area contributed by atoms with Crippen molar-refractivity contribution in [2.75, 3.05) is 33.2 Å². The lowest BCUT2D eigenvalue weighted by Crippen LogP contribution is -2.44. The second kappa shape index (κ2) is 9.71. The lowest BCUT2D eigenvalue weighted by atomic mass is 9.74. The average Bonchev–Trinajstić information content (AvgIpc) is 3.24. The maximum atomic E-state index is 12.5. The monoisotopic (exact) mass is 475 g/mol. The zero-order valence-electron chi connectivity index (χ0n) is 16.8. The molecule has 0 aliphatic carbocycles. The van der Waals surface area contributed by atoms with E-state index in [1.165, 1.54) is 0 Å². The van der Waals surface area contributed by atoms with E-state index in [4.69, 9.17) is 18.9 Å². The summed E-state index contributed by atoms with van der Waals surface area (Å²) in [6, 6.07) is 13.8. The van der Waals surface area contributed by atoms with Gasteiger partial charge in [0.25, 0.3) is 0 Å². The van der Waals surface area contributed by atoms with Crippen molar-refractivity contribution >= 4 is 21.8 Å². The molecular formula is C23H26BrNO5. The van der Waals surface area contributed by atoms with Crippen molar-refractivity contribution in [3.05, 3.63) is 52.5 Å². The molecule has 2 heterocycles. The molecule has 0 unspecified atom stereocenters. The van der Waals surface area contributed by atoms with Crippen LogP contribution in [0.3, 0.4) is 0 Å². The summed E-state index contributed by atoms with van der Waals surface area (Å²) in [6.45, 7) is 2.72. The van der Waals surface area contributed by atoms with E-state index in [1.807, 2.05) is 36.4 Å². The van der Waals surface area contributed by atoms with E-state index < -0.39 is 0 Å². The second-order valence-corrected chi connectivity index (χ2v) is 8.56. The van der Waals surface area contributed by atoms with Gasteiger partial charge in [0, 0.05) is 36.1 Å². The van der Waals surface area contributed by atoms with Crippen molar-refractivity contribution in [3.63, 3.8) is 0 Å². The van der Waals surface area contributed by atoms with Crippen molar-refractivity contribution < 1.29 is 23.7 Å². The van der Waals surface area contributed by atoms with Crippen molar-refractivity contribution in [1.82, 2.24) is 5.32 Å². The fourth-order valence-electron chi connectivity index (χ4n) is 3.89. The van der Waals surface area contributed by atoms with Crippen LogP contribution in [0.5, 0.6) is 17.2 Å². The Morgan fingerprint density at radius 1 is 1.10 bits per heavy atom. The molecule has 1 amide bonds. The summed E-state index contributed by atoms with van der Waals surface area (Å²) in [6.07, 6.45) is 2.82. The van der Waals surface area contributed by atoms with Gasteiger partial charge in [-0.1, -0.05) is 28.1 Å². The number of hydrogen-bond acceptors (Lipinski definition) is 5. The maximum Gasteiger partial charge on any atom is 0.231 e. The molecule has 30 heavy (non-hydrogen) atoms. The lowest BCUT2D eigenvalue weighted by molar-refractivity contribution is -0.121. The highest BCUT2D eigenvalue weighted by Crippen LogP contribution is 2.40. The zero-order chi connectivity index (χ0) is 20.8. The SMILES string of the molecule is O=C(CCCOc1cccc(Br)c1)NCC1(c2ccc3c(c2)OCO3)CCOCC1. The summed E-state index contributed by atoms with van der Waals surface area (Å²) in [5, 5.41) is 3.14. The number of halogens is 1. The molecule has 1 fully saturated rings. The molecule has 2 aromatic rings. The minimum absolute atomic E-state index is 0.0412. The van der Waals surface area contributed by atoms with Crippen LogP contribution >= 0.6 is 15.9 Å². The minimum Gasteiger partial charge on any atom is -0.494 e. The number of carbonyl (C=O) groups is 1. The molecule has 4 rings (SSSR count). The normalized spacial score (nSPS) is 16.8. The molecule has 2 aromatic carbocycles. The zero-order valence-corrected chi connectivity index (χ0v) is 18.4. The van der Waals surface area contributed by atoms with Crippen LogP contribution < -0.4 is 19.5 Å². The molecular weight excluding hydrogens is 450 g/mol. The molecule has 2 aliphatic heterocycles. The Kier molecular flexibility index (Phi) is 6.79. The number of carbonyl (C=O) groups excluding carboxylic acids is 1. The molecule has 0 bridgehead atoms. The summed E-state index contributed by atoms with van der Waals surface area (Å²) < 4.78 is 23.3. The van der Waals surface area contributed by atoms with E-state index in [0.29, 0.717) is 39.2 Å². The molecule has 0 radical (unpaired) electrons. The van der Waals surface area contributed by atoms with E-state index in [-0.39, 0.29) is 18.1 Å². The Balaban J connectivity index is 1.30. The first kappa shape index (κ1) is 21.0. The first-order valence-electron chi connectivity index (χ1n) is 10.3. The Hall–Kier alpha value is -2.25. The van der Waals surface area contributed by atoms with Crippen molar-refractivity contribution in [3.8, 4) is 17.2 Å². The second-order valence-electron chi connectivity index (χ2n) is 7.65. The van der Waals surface area contributed by atoms with Gasteiger partial charge in [-0.25, -0.2) is 0 Å². The summed E-state index contributed by atoms with van der Waals surface area (Å²) in [5.74, 6) is 2.39. The quantitative estimate of drug-likeness (QED) is 0.579. The molecule has 0 spiro atoms. The molecule has 0 aromatic heterocycles. The Morgan fingerprint density at radius 3 is 2.77 bits per heavy atom. The van der Waals surface area contributed by atoms with Crippen molar-refractivity contribution in [2.24, 2.45) is 0 Å². The highest BCUT2D eigenvalue weighted by Gasteiger charge is 2.36. The Morgan fingerprint density at radius 2 is 1.93 bits per heavy atom. The largest absolute Gasteiger partial charge is 0.494 e. The number of hydrogen-bond donors (Lipinski definition) is 1. The highest BCUT2D eigenvalue weighted by molar-refractivity contribution is 9.10. The Labute approximate surface area is 185 Å². The van der Waals surface area contributed by atoms with Crippen LogP contribution in [0, 0.1) is 0 Å². The molecule has 160 valence electrons. The molecule has 6 nitrogen and oxygen atoms in total. The molecule has 2 aliphatic rings. The van der Waals surface area contributed by atoms with Gasteiger partial charge in [0.2, 0.25) is 12.7 Å². The summed E-state index contributed by atoms with van der Waals surface area (Å²) in [5.41, 5.74) is 1.01. The van der Waals surface area contributed by atoms with Gasteiger partial charge in [-0.2, -0.15) is 0 Å². The third-order valence-electron chi connectivity index (χ3n) is 5.67. The van der Waals surface area contributed by atoms with Crippen molar-refractivity contribution in [2.45, 2.75) is 31.1 Å². The van der Waals surface area contributed by atoms with Gasteiger partial charge in [0.1, 0.15) is 5.75 Å². The van der Waals surface area contributed by atoms with Crippen LogP contribution in [0.25, 0.3) is 0 Å². The van der Waals surface area contributed by atoms with Gasteiger partial charge in [-0.3, -0.25) is 4.79 Å². The van der Waals surface area contributed by atoms with Crippen LogP contribution in [0.4, 0.5) is 0 Å². The third-order valence-corrected chi connectivity index (χ3v) is 6.17. The van der Waals surface area contributed by atoms with Crippen LogP contribution in [-0.2, 0) is 14.9 Å². The number of ether oxygens (including phenoxy) is 4. The van der Waals surface area contributed by atoms with Crippen LogP contribution in [0.2, 0.25) is 0 Å². The van der Waals surface area contributed by atoms with E-state index in [2.05, 4.69) is 27.3 Å². The molecule has 0 saturated carbocycles. The predicted octanol–water partition coefficient (Wildman–Crippen LogP) is 4.20. The molecule has 1 saturated heterocycles. The first-order chi connectivity index (χ1) is 14.6. The topological polar surface area (TPSA) is 66.0 Å². The molecule has 7 heteroatoms. The average molecular weight is 476 g/mol. The fourth-order valence-corrected chi connectivity index (χ4v) is 4.27. The summed E-state index contributed by atoms with van der Waals surface area (Å²) >= 11 is 3.43. The van der Waals surface area contributed by atoms with Gasteiger partial charge in [0.15, 0.2) is 11.5 Å². The number of benzene rings is 2. The standard InChI is InChI=1S/C23H26BrNO5/c24-18-3-1-4-19(14-18)28-10-2-5-22(26)25-15-23(8-11-27-12-9-23)17-6-7-20-21(13-17)30-16-29-20/h1,3-4,6-7,13-14H,2,5,8-12,15-16H2,(H,25,26). The van der Waals surface area contributed by atoms with E-state index in [1.54, 1.807) is 0 Å². The molecule has 1 N–H and O–H groups in total. The van der Waals surface area contributed by atoms with Crippen molar-refractivity contribution in [1.29, 1.82) is 0 Å². The van der Waals surface area contributed by atoms with E-state index in [9.17, 15) is 4.79 Å². The van der Waals surface area contributed by atoms with Gasteiger partial charge < -0.3 is 24.3 Å². The minimum atomic E-state index is -0.151. The number of nitrogens with one attached hydrogen (secondary N) is 1. The Bertz CT molecular complexity index is 882. The number of fused-ring (bicyclic) bond motifs is 1.